The van der Waals surface area contributed by atoms with Crippen LogP contribution < -0.4 is 0 Å². The lowest BCUT2D eigenvalue weighted by molar-refractivity contribution is 0.757. The Balaban J connectivity index is 3.17. The molecule has 0 fully saturated rings. The smallest absolute Gasteiger partial charge is 0.0169 e. The van der Waals surface area contributed by atoms with Gasteiger partial charge in [0.25, 0.3) is 0 Å². The first-order valence-electron chi connectivity index (χ1n) is 7.16. The zero-order chi connectivity index (χ0) is 12.6. The molecule has 0 nitrogen and oxygen atoms in total. The molecule has 0 aliphatic carbocycles. The summed E-state index contributed by atoms with van der Waals surface area (Å²) in [5.41, 5.74) is 0. The molecular formula is C17H29. The maximum absolute atomic E-state index is 3.83. The largest absolute Gasteiger partial charge is 0.0885 e. The van der Waals surface area contributed by atoms with Crippen LogP contribution in [0.3, 0.4) is 0 Å². The van der Waals surface area contributed by atoms with Gasteiger partial charge in [0.1, 0.15) is 0 Å². The van der Waals surface area contributed by atoms with E-state index in [0.29, 0.717) is 0 Å². The van der Waals surface area contributed by atoms with E-state index in [2.05, 4.69) is 50.3 Å². The molecule has 0 N–H and O–H groups in total. The molecule has 0 aromatic rings. The summed E-state index contributed by atoms with van der Waals surface area (Å²) in [4.78, 5) is 0. The zero-order valence-corrected chi connectivity index (χ0v) is 11.5. The monoisotopic (exact) mass is 233 g/mol. The molecule has 0 bridgehead atoms. The highest BCUT2D eigenvalue weighted by molar-refractivity contribution is 4.92. The van der Waals surface area contributed by atoms with E-state index in [4.69, 9.17) is 0 Å². The molecule has 0 saturated carbocycles. The van der Waals surface area contributed by atoms with Crippen LogP contribution in [0.15, 0.2) is 36.5 Å². The van der Waals surface area contributed by atoms with E-state index < -0.39 is 0 Å². The molecule has 1 radical (unpaired) electrons. The highest BCUT2D eigenvalue weighted by atomic mass is 13.9. The second kappa shape index (κ2) is 15.2. The number of unbranched alkanes of at least 4 members (excludes halogenated alkanes) is 5. The van der Waals surface area contributed by atoms with Crippen LogP contribution in [0.2, 0.25) is 0 Å². The number of hydrogen-bond acceptors (Lipinski definition) is 0. The maximum Gasteiger partial charge on any atom is -0.0169 e. The molecule has 0 aromatic carbocycles. The maximum atomic E-state index is 3.83. The molecule has 0 saturated heterocycles. The number of rotatable bonds is 11. The van der Waals surface area contributed by atoms with Gasteiger partial charge >= 0.3 is 0 Å². The Kier molecular flexibility index (Phi) is 14.5. The summed E-state index contributed by atoms with van der Waals surface area (Å²) in [6.45, 7) is 6.01. The Morgan fingerprint density at radius 3 is 1.82 bits per heavy atom. The van der Waals surface area contributed by atoms with Crippen molar-refractivity contribution < 1.29 is 0 Å². The zero-order valence-electron chi connectivity index (χ0n) is 11.5. The van der Waals surface area contributed by atoms with Gasteiger partial charge in [-0.15, -0.1) is 0 Å². The summed E-state index contributed by atoms with van der Waals surface area (Å²) in [6, 6.07) is 0. The molecule has 0 unspecified atom stereocenters. The molecule has 0 amide bonds. The van der Waals surface area contributed by atoms with Gasteiger partial charge in [-0.3, -0.25) is 0 Å². The van der Waals surface area contributed by atoms with Crippen LogP contribution in [0.1, 0.15) is 64.7 Å². The molecule has 97 valence electrons. The molecule has 0 spiro atoms. The predicted molar refractivity (Wildman–Crippen MR) is 80.0 cm³/mol. The van der Waals surface area contributed by atoms with Crippen molar-refractivity contribution in [3.63, 3.8) is 0 Å². The summed E-state index contributed by atoms with van der Waals surface area (Å²) in [5.74, 6) is 0. The van der Waals surface area contributed by atoms with Gasteiger partial charge in [-0.25, -0.2) is 0 Å². The topological polar surface area (TPSA) is 0 Å². The van der Waals surface area contributed by atoms with Crippen LogP contribution in [0.5, 0.6) is 0 Å². The average molecular weight is 233 g/mol. The van der Waals surface area contributed by atoms with Gasteiger partial charge in [-0.05, 0) is 51.4 Å². The summed E-state index contributed by atoms with van der Waals surface area (Å²) in [7, 11) is 0. The van der Waals surface area contributed by atoms with Crippen LogP contribution >= 0.6 is 0 Å². The summed E-state index contributed by atoms with van der Waals surface area (Å²) < 4.78 is 0. The number of hydrogen-bond donors (Lipinski definition) is 0. The van der Waals surface area contributed by atoms with Gasteiger partial charge in [0.2, 0.25) is 0 Å². The highest BCUT2D eigenvalue weighted by Crippen LogP contribution is 2.04. The summed E-state index contributed by atoms with van der Waals surface area (Å²) in [5, 5.41) is 0. The Labute approximate surface area is 109 Å². The third kappa shape index (κ3) is 15.2. The molecule has 0 aromatic heterocycles. The Morgan fingerprint density at radius 2 is 1.24 bits per heavy atom. The minimum atomic E-state index is 1.06. The second-order valence-electron chi connectivity index (χ2n) is 4.34. The predicted octanol–water partition coefficient (Wildman–Crippen LogP) is 6.02. The first-order chi connectivity index (χ1) is 8.41. The fourth-order valence-corrected chi connectivity index (χ4v) is 1.58. The van der Waals surface area contributed by atoms with Crippen LogP contribution in [0.4, 0.5) is 0 Å². The van der Waals surface area contributed by atoms with Gasteiger partial charge < -0.3 is 0 Å². The van der Waals surface area contributed by atoms with Gasteiger partial charge in [0.05, 0.1) is 0 Å². The lowest BCUT2D eigenvalue weighted by atomic mass is 10.1. The average Bonchev–Trinajstić information content (AvgIpc) is 2.35. The normalized spacial score (nSPS) is 12.4. The molecule has 17 heavy (non-hydrogen) atoms. The van der Waals surface area contributed by atoms with E-state index >= 15 is 0 Å². The third-order valence-corrected chi connectivity index (χ3v) is 2.62. The molecular weight excluding hydrogens is 204 g/mol. The molecule has 0 aliphatic heterocycles. The second-order valence-corrected chi connectivity index (χ2v) is 4.34. The molecule has 0 heterocycles. The first-order valence-corrected chi connectivity index (χ1v) is 7.16. The standard InChI is InChI=1S/C17H29/c1-3-5-7-9-11-13-15-17-16-14-12-10-8-6-4-2/h6,8-9,11-12,14H,1,3-5,7,10,13,15-17H2,2H3. The molecule has 0 heteroatoms. The van der Waals surface area contributed by atoms with E-state index in [-0.39, 0.29) is 0 Å². The van der Waals surface area contributed by atoms with Crippen molar-refractivity contribution >= 4 is 0 Å². The van der Waals surface area contributed by atoms with Crippen LogP contribution in [-0.2, 0) is 0 Å². The van der Waals surface area contributed by atoms with Crippen LogP contribution in [0, 0.1) is 6.92 Å². The van der Waals surface area contributed by atoms with E-state index in [0.717, 1.165) is 19.3 Å². The van der Waals surface area contributed by atoms with Crippen molar-refractivity contribution in [3.8, 4) is 0 Å². The molecule has 0 rings (SSSR count). The fourth-order valence-electron chi connectivity index (χ4n) is 1.58. The summed E-state index contributed by atoms with van der Waals surface area (Å²) in [6.07, 6.45) is 24.5. The minimum Gasteiger partial charge on any atom is -0.0885 e. The fraction of sp³-hybridized carbons (Fsp3) is 0.588. The summed E-state index contributed by atoms with van der Waals surface area (Å²) >= 11 is 0. The van der Waals surface area contributed by atoms with Crippen molar-refractivity contribution in [3.05, 3.63) is 43.4 Å². The van der Waals surface area contributed by atoms with Crippen molar-refractivity contribution in [1.82, 2.24) is 0 Å². The minimum absolute atomic E-state index is 1.06. The quantitative estimate of drug-likeness (QED) is 0.302. The van der Waals surface area contributed by atoms with Crippen molar-refractivity contribution in [2.45, 2.75) is 64.7 Å². The van der Waals surface area contributed by atoms with E-state index in [1.807, 2.05) is 0 Å². The van der Waals surface area contributed by atoms with Crippen LogP contribution in [0.25, 0.3) is 0 Å². The lowest BCUT2D eigenvalue weighted by Gasteiger charge is -1.93. The van der Waals surface area contributed by atoms with Gasteiger partial charge in [0.15, 0.2) is 0 Å². The van der Waals surface area contributed by atoms with E-state index in [9.17, 15) is 0 Å². The van der Waals surface area contributed by atoms with Gasteiger partial charge in [0, 0.05) is 0 Å². The Hall–Kier alpha value is -0.780. The van der Waals surface area contributed by atoms with E-state index in [1.54, 1.807) is 0 Å². The van der Waals surface area contributed by atoms with Crippen molar-refractivity contribution in [1.29, 1.82) is 0 Å². The lowest BCUT2D eigenvalue weighted by Crippen LogP contribution is -1.73. The molecule has 0 aliphatic rings. The molecule has 0 atom stereocenters. The Morgan fingerprint density at radius 1 is 0.706 bits per heavy atom. The third-order valence-electron chi connectivity index (χ3n) is 2.62. The van der Waals surface area contributed by atoms with Gasteiger partial charge in [-0.2, -0.15) is 0 Å². The Bertz CT molecular complexity index is 208. The SMILES string of the molecule is [CH2]CCCC=CCCCCC=CCC=CCC. The highest BCUT2D eigenvalue weighted by Gasteiger charge is 1.84. The van der Waals surface area contributed by atoms with E-state index in [1.165, 1.54) is 38.5 Å². The van der Waals surface area contributed by atoms with Crippen LogP contribution in [-0.4, -0.2) is 0 Å². The number of allylic oxidation sites excluding steroid dienone is 6. The first kappa shape index (κ1) is 16.2. The van der Waals surface area contributed by atoms with Crippen molar-refractivity contribution in [2.75, 3.05) is 0 Å². The van der Waals surface area contributed by atoms with Crippen molar-refractivity contribution in [2.24, 2.45) is 0 Å². The van der Waals surface area contributed by atoms with Gasteiger partial charge in [-0.1, -0.05) is 56.7 Å².